The van der Waals surface area contributed by atoms with E-state index in [2.05, 4.69) is 5.32 Å². The highest BCUT2D eigenvalue weighted by molar-refractivity contribution is 7.17. The minimum Gasteiger partial charge on any atom is -0.495 e. The number of fused-ring (bicyclic) bond motifs is 1. The monoisotopic (exact) mass is 457 g/mol. The summed E-state index contributed by atoms with van der Waals surface area (Å²) in [6.45, 7) is 1.42. The molecule has 1 amide bonds. The number of aromatic nitrogens is 2. The van der Waals surface area contributed by atoms with Gasteiger partial charge in [-0.15, -0.1) is 11.3 Å². The molecule has 0 aliphatic carbocycles. The number of methoxy groups -OCH3 is 1. The van der Waals surface area contributed by atoms with Crippen LogP contribution in [0.2, 0.25) is 0 Å². The number of ether oxygens (including phenoxy) is 1. The molecule has 0 bridgehead atoms. The molecule has 164 valence electrons. The van der Waals surface area contributed by atoms with Crippen molar-refractivity contribution in [1.82, 2.24) is 9.13 Å². The van der Waals surface area contributed by atoms with Crippen molar-refractivity contribution in [3.8, 4) is 11.4 Å². The standard InChI is InChI=1S/C22H17F2N3O4S/c1-12-3-4-18(31-2)16(7-12)25-19(28)11-26-17-5-6-32-20(17)21(29)27(22(26)30)15-9-13(23)8-14(24)10-15/h3-10H,11H2,1-2H3,(H,25,28). The topological polar surface area (TPSA) is 82.3 Å². The number of aryl methyl sites for hydroxylation is 1. The summed E-state index contributed by atoms with van der Waals surface area (Å²) in [5.41, 5.74) is -0.307. The van der Waals surface area contributed by atoms with Crippen LogP contribution in [0, 0.1) is 18.6 Å². The highest BCUT2D eigenvalue weighted by atomic mass is 32.1. The smallest absolute Gasteiger partial charge is 0.336 e. The third kappa shape index (κ3) is 3.92. The number of hydrogen-bond acceptors (Lipinski definition) is 5. The second-order valence-corrected chi connectivity index (χ2v) is 7.94. The molecular weight excluding hydrogens is 440 g/mol. The highest BCUT2D eigenvalue weighted by Crippen LogP contribution is 2.25. The van der Waals surface area contributed by atoms with Crippen LogP contribution in [-0.4, -0.2) is 22.2 Å². The van der Waals surface area contributed by atoms with E-state index in [1.807, 2.05) is 13.0 Å². The van der Waals surface area contributed by atoms with E-state index < -0.39 is 35.3 Å². The van der Waals surface area contributed by atoms with Crippen LogP contribution in [0.4, 0.5) is 14.5 Å². The number of rotatable bonds is 5. The van der Waals surface area contributed by atoms with Gasteiger partial charge in [0, 0.05) is 6.07 Å². The molecule has 4 rings (SSSR count). The SMILES string of the molecule is COc1ccc(C)cc1NC(=O)Cn1c(=O)n(-c2cc(F)cc(F)c2)c(=O)c2sccc21. The van der Waals surface area contributed by atoms with Gasteiger partial charge in [-0.1, -0.05) is 6.07 Å². The Bertz CT molecular complexity index is 1450. The molecule has 0 radical (unpaired) electrons. The van der Waals surface area contributed by atoms with Gasteiger partial charge in [0.25, 0.3) is 5.56 Å². The second-order valence-electron chi connectivity index (χ2n) is 7.02. The minimum atomic E-state index is -0.937. The molecule has 2 aromatic heterocycles. The van der Waals surface area contributed by atoms with Crippen LogP contribution in [0.1, 0.15) is 5.56 Å². The van der Waals surface area contributed by atoms with Crippen LogP contribution in [0.5, 0.6) is 5.75 Å². The largest absolute Gasteiger partial charge is 0.495 e. The fraction of sp³-hybridized carbons (Fsp3) is 0.136. The third-order valence-corrected chi connectivity index (χ3v) is 5.68. The fourth-order valence-electron chi connectivity index (χ4n) is 3.39. The van der Waals surface area contributed by atoms with Gasteiger partial charge >= 0.3 is 5.69 Å². The van der Waals surface area contributed by atoms with Gasteiger partial charge in [0.05, 0.1) is 24.0 Å². The summed E-state index contributed by atoms with van der Waals surface area (Å²) < 4.78 is 34.7. The van der Waals surface area contributed by atoms with Crippen molar-refractivity contribution < 1.29 is 18.3 Å². The van der Waals surface area contributed by atoms with E-state index in [1.54, 1.807) is 23.6 Å². The number of anilines is 1. The summed E-state index contributed by atoms with van der Waals surface area (Å²) in [5, 5.41) is 4.30. The molecule has 0 aliphatic heterocycles. The maximum Gasteiger partial charge on any atom is 0.336 e. The summed E-state index contributed by atoms with van der Waals surface area (Å²) in [7, 11) is 1.47. The molecule has 0 spiro atoms. The summed E-state index contributed by atoms with van der Waals surface area (Å²) in [6.07, 6.45) is 0. The lowest BCUT2D eigenvalue weighted by Crippen LogP contribution is -2.40. The van der Waals surface area contributed by atoms with Gasteiger partial charge in [-0.05, 0) is 48.2 Å². The van der Waals surface area contributed by atoms with Gasteiger partial charge in [0.2, 0.25) is 5.91 Å². The van der Waals surface area contributed by atoms with E-state index in [9.17, 15) is 23.2 Å². The van der Waals surface area contributed by atoms with Crippen LogP contribution in [0.25, 0.3) is 15.9 Å². The Hall–Kier alpha value is -3.79. The van der Waals surface area contributed by atoms with E-state index in [1.165, 1.54) is 7.11 Å². The molecule has 0 saturated carbocycles. The first kappa shape index (κ1) is 21.4. The number of hydrogen-bond donors (Lipinski definition) is 1. The Morgan fingerprint density at radius 2 is 1.81 bits per heavy atom. The Labute approximate surface area is 184 Å². The molecule has 4 aromatic rings. The number of carbonyl (C=O) groups is 1. The summed E-state index contributed by atoms with van der Waals surface area (Å²) in [4.78, 5) is 38.8. The Kier molecular flexibility index (Phi) is 5.62. The molecule has 0 saturated heterocycles. The van der Waals surface area contributed by atoms with Crippen molar-refractivity contribution in [2.24, 2.45) is 0 Å². The summed E-state index contributed by atoms with van der Waals surface area (Å²) in [5.74, 6) is -1.97. The number of benzene rings is 2. The third-order valence-electron chi connectivity index (χ3n) is 4.79. The van der Waals surface area contributed by atoms with Gasteiger partial charge in [0.15, 0.2) is 0 Å². The quantitative estimate of drug-likeness (QED) is 0.498. The van der Waals surface area contributed by atoms with Gasteiger partial charge in [0.1, 0.15) is 28.6 Å². The summed E-state index contributed by atoms with van der Waals surface area (Å²) >= 11 is 1.06. The van der Waals surface area contributed by atoms with Gasteiger partial charge in [-0.25, -0.2) is 18.1 Å². The molecule has 7 nitrogen and oxygen atoms in total. The number of halogens is 2. The number of thiophene rings is 1. The van der Waals surface area contributed by atoms with E-state index in [0.717, 1.165) is 33.6 Å². The molecule has 32 heavy (non-hydrogen) atoms. The number of carbonyl (C=O) groups excluding carboxylic acids is 1. The zero-order valence-electron chi connectivity index (χ0n) is 17.0. The van der Waals surface area contributed by atoms with Crippen molar-refractivity contribution in [2.75, 3.05) is 12.4 Å². The molecule has 0 fully saturated rings. The van der Waals surface area contributed by atoms with Crippen molar-refractivity contribution in [1.29, 1.82) is 0 Å². The van der Waals surface area contributed by atoms with Crippen molar-refractivity contribution in [2.45, 2.75) is 13.5 Å². The summed E-state index contributed by atoms with van der Waals surface area (Å²) in [6, 6.07) is 9.19. The van der Waals surface area contributed by atoms with Crippen molar-refractivity contribution in [3.63, 3.8) is 0 Å². The zero-order valence-corrected chi connectivity index (χ0v) is 17.8. The normalized spacial score (nSPS) is 11.0. The van der Waals surface area contributed by atoms with Gasteiger partial charge in [-0.3, -0.25) is 14.2 Å². The Morgan fingerprint density at radius 3 is 2.50 bits per heavy atom. The van der Waals surface area contributed by atoms with Gasteiger partial charge < -0.3 is 10.1 Å². The maximum absolute atomic E-state index is 13.8. The average Bonchev–Trinajstić information content (AvgIpc) is 3.21. The molecular formula is C22H17F2N3O4S. The molecule has 1 N–H and O–H groups in total. The molecule has 0 aliphatic rings. The Morgan fingerprint density at radius 1 is 1.09 bits per heavy atom. The molecule has 2 aromatic carbocycles. The van der Waals surface area contributed by atoms with Crippen LogP contribution in [0.15, 0.2) is 57.4 Å². The highest BCUT2D eigenvalue weighted by Gasteiger charge is 2.19. The van der Waals surface area contributed by atoms with E-state index in [0.29, 0.717) is 22.1 Å². The fourth-order valence-corrected chi connectivity index (χ4v) is 4.21. The number of nitrogens with one attached hydrogen (secondary N) is 1. The lowest BCUT2D eigenvalue weighted by Gasteiger charge is -2.14. The molecule has 2 heterocycles. The van der Waals surface area contributed by atoms with Crippen LogP contribution in [0.3, 0.4) is 0 Å². The van der Waals surface area contributed by atoms with Crippen molar-refractivity contribution in [3.05, 3.63) is 85.9 Å². The predicted molar refractivity (Wildman–Crippen MR) is 118 cm³/mol. The minimum absolute atomic E-state index is 0.176. The lowest BCUT2D eigenvalue weighted by molar-refractivity contribution is -0.116. The van der Waals surface area contributed by atoms with Crippen LogP contribution >= 0.6 is 11.3 Å². The first-order chi connectivity index (χ1) is 15.3. The lowest BCUT2D eigenvalue weighted by atomic mass is 10.2. The first-order valence-electron chi connectivity index (χ1n) is 9.42. The second kappa shape index (κ2) is 8.39. The van der Waals surface area contributed by atoms with Crippen molar-refractivity contribution >= 4 is 33.1 Å². The van der Waals surface area contributed by atoms with Gasteiger partial charge in [-0.2, -0.15) is 0 Å². The maximum atomic E-state index is 13.8. The van der Waals surface area contributed by atoms with E-state index in [4.69, 9.17) is 4.74 Å². The molecule has 0 atom stereocenters. The first-order valence-corrected chi connectivity index (χ1v) is 10.3. The Balaban J connectivity index is 1.81. The van der Waals surface area contributed by atoms with Crippen LogP contribution in [-0.2, 0) is 11.3 Å². The predicted octanol–water partition coefficient (Wildman–Crippen LogP) is 3.45. The number of amides is 1. The number of nitrogens with zero attached hydrogens (tertiary/aromatic N) is 2. The average molecular weight is 457 g/mol. The molecule has 0 unspecified atom stereocenters. The van der Waals surface area contributed by atoms with E-state index >= 15 is 0 Å². The zero-order chi connectivity index (χ0) is 23.0. The van der Waals surface area contributed by atoms with E-state index in [-0.39, 0.29) is 15.9 Å². The molecule has 10 heteroatoms. The van der Waals surface area contributed by atoms with Crippen LogP contribution < -0.4 is 21.3 Å².